The van der Waals surface area contributed by atoms with E-state index in [9.17, 15) is 0 Å². The van der Waals surface area contributed by atoms with E-state index in [1.807, 2.05) is 6.08 Å². The van der Waals surface area contributed by atoms with Gasteiger partial charge in [0, 0.05) is 17.4 Å². The summed E-state index contributed by atoms with van der Waals surface area (Å²) in [5, 5.41) is 0. The normalized spacial score (nSPS) is 14.2. The first-order valence-electron chi connectivity index (χ1n) is 1.96. The number of hydrogen-bond donors (Lipinski definition) is 0. The van der Waals surface area contributed by atoms with Crippen LogP contribution in [-0.4, -0.2) is 23.1 Å². The van der Waals surface area contributed by atoms with Crippen molar-refractivity contribution in [3.8, 4) is 0 Å². The van der Waals surface area contributed by atoms with Gasteiger partial charge in [0.05, 0.1) is 5.73 Å². The zero-order chi connectivity index (χ0) is 4.99. The highest BCUT2D eigenvalue weighted by atomic mass is 28.1. The maximum absolute atomic E-state index is 4.84. The Hall–Kier alpha value is -0.0831. The third-order valence-electron chi connectivity index (χ3n) is 0.704. The van der Waals surface area contributed by atoms with Crippen LogP contribution in [0.4, 0.5) is 0 Å². The first-order chi connectivity index (χ1) is 2.81. The van der Waals surface area contributed by atoms with Gasteiger partial charge in [-0.2, -0.15) is 0 Å². The van der Waals surface area contributed by atoms with E-state index in [1.165, 1.54) is 0 Å². The average Bonchev–Trinajstić information content (AvgIpc) is 1.65. The zero-order valence-electron chi connectivity index (χ0n) is 4.27. The number of methoxy groups -OCH3 is 1. The fourth-order valence-electron chi connectivity index (χ4n) is 0.0962. The molecule has 0 N–H and O–H groups in total. The molecule has 1 unspecified atom stereocenters. The third-order valence-corrected chi connectivity index (χ3v) is 1.65. The first-order valence-corrected chi connectivity index (χ1v) is 3.12. The van der Waals surface area contributed by atoms with Crippen LogP contribution in [-0.2, 0) is 4.74 Å². The standard InChI is InChI=1S/C4H10OSi/c1-3-4(6)5-2/h3-4H,1H2,2,6H3. The molecule has 0 aliphatic rings. The van der Waals surface area contributed by atoms with Crippen molar-refractivity contribution in [3.63, 3.8) is 0 Å². The molecule has 1 atom stereocenters. The summed E-state index contributed by atoms with van der Waals surface area (Å²) in [6, 6.07) is 0. The molecular formula is C4H10OSi. The summed E-state index contributed by atoms with van der Waals surface area (Å²) in [6.45, 7) is 3.54. The van der Waals surface area contributed by atoms with Crippen LogP contribution in [0.3, 0.4) is 0 Å². The molecule has 0 aromatic rings. The molecule has 0 amide bonds. The molecule has 0 aliphatic heterocycles. The van der Waals surface area contributed by atoms with Crippen LogP contribution in [0.25, 0.3) is 0 Å². The minimum absolute atomic E-state index is 0.338. The maximum atomic E-state index is 4.84. The Morgan fingerprint density at radius 3 is 2.50 bits per heavy atom. The van der Waals surface area contributed by atoms with Crippen molar-refractivity contribution in [2.24, 2.45) is 0 Å². The quantitative estimate of drug-likeness (QED) is 0.338. The maximum Gasteiger partial charge on any atom is 0.0548 e. The van der Waals surface area contributed by atoms with Gasteiger partial charge in [0.15, 0.2) is 0 Å². The van der Waals surface area contributed by atoms with Gasteiger partial charge in [-0.25, -0.2) is 0 Å². The first kappa shape index (κ1) is 5.92. The SMILES string of the molecule is C=CC([SiH3])OC. The van der Waals surface area contributed by atoms with E-state index in [0.717, 1.165) is 10.2 Å². The molecule has 0 saturated carbocycles. The molecule has 36 valence electrons. The lowest BCUT2D eigenvalue weighted by Gasteiger charge is -1.97. The summed E-state index contributed by atoms with van der Waals surface area (Å²) in [5.74, 6) is 0. The molecule has 0 saturated heterocycles. The van der Waals surface area contributed by atoms with Crippen molar-refractivity contribution in [2.75, 3.05) is 7.11 Å². The average molecular weight is 102 g/mol. The van der Waals surface area contributed by atoms with E-state index >= 15 is 0 Å². The summed E-state index contributed by atoms with van der Waals surface area (Å²) >= 11 is 0. The Morgan fingerprint density at radius 2 is 2.50 bits per heavy atom. The largest absolute Gasteiger partial charge is 0.382 e. The molecule has 0 aromatic heterocycles. The number of rotatable bonds is 2. The predicted octanol–water partition coefficient (Wildman–Crippen LogP) is -0.490. The predicted molar refractivity (Wildman–Crippen MR) is 30.9 cm³/mol. The minimum atomic E-state index is 0.338. The molecule has 0 fully saturated rings. The molecule has 0 aliphatic carbocycles. The van der Waals surface area contributed by atoms with Crippen molar-refractivity contribution < 1.29 is 4.74 Å². The minimum Gasteiger partial charge on any atom is -0.382 e. The fourth-order valence-corrected chi connectivity index (χ4v) is 0.0962. The monoisotopic (exact) mass is 102 g/mol. The van der Waals surface area contributed by atoms with Gasteiger partial charge in [0.1, 0.15) is 0 Å². The molecule has 0 rings (SSSR count). The van der Waals surface area contributed by atoms with Crippen molar-refractivity contribution in [1.82, 2.24) is 0 Å². The summed E-state index contributed by atoms with van der Waals surface area (Å²) in [6.07, 6.45) is 1.81. The van der Waals surface area contributed by atoms with Gasteiger partial charge in [-0.3, -0.25) is 0 Å². The lowest BCUT2D eigenvalue weighted by Crippen LogP contribution is -2.03. The van der Waals surface area contributed by atoms with Crippen LogP contribution >= 0.6 is 0 Å². The van der Waals surface area contributed by atoms with E-state index in [-0.39, 0.29) is 0 Å². The summed E-state index contributed by atoms with van der Waals surface area (Å²) in [5.41, 5.74) is 0.338. The van der Waals surface area contributed by atoms with Crippen molar-refractivity contribution >= 4 is 10.2 Å². The van der Waals surface area contributed by atoms with Gasteiger partial charge in [-0.1, -0.05) is 6.08 Å². The molecule has 0 spiro atoms. The molecular weight excluding hydrogens is 92.1 g/mol. The van der Waals surface area contributed by atoms with Crippen LogP contribution < -0.4 is 0 Å². The van der Waals surface area contributed by atoms with Crippen molar-refractivity contribution in [1.29, 1.82) is 0 Å². The zero-order valence-corrected chi connectivity index (χ0v) is 6.27. The van der Waals surface area contributed by atoms with Gasteiger partial charge >= 0.3 is 0 Å². The second-order valence-electron chi connectivity index (χ2n) is 1.18. The van der Waals surface area contributed by atoms with Crippen molar-refractivity contribution in [2.45, 2.75) is 5.73 Å². The van der Waals surface area contributed by atoms with Gasteiger partial charge in [-0.05, 0) is 0 Å². The van der Waals surface area contributed by atoms with E-state index in [1.54, 1.807) is 7.11 Å². The van der Waals surface area contributed by atoms with E-state index < -0.39 is 0 Å². The summed E-state index contributed by atoms with van der Waals surface area (Å²) in [4.78, 5) is 0. The van der Waals surface area contributed by atoms with Gasteiger partial charge in [-0.15, -0.1) is 6.58 Å². The molecule has 2 heteroatoms. The molecule has 0 aromatic carbocycles. The van der Waals surface area contributed by atoms with Crippen LogP contribution in [0.1, 0.15) is 0 Å². The van der Waals surface area contributed by atoms with Crippen LogP contribution in [0.2, 0.25) is 0 Å². The van der Waals surface area contributed by atoms with Gasteiger partial charge in [0.25, 0.3) is 0 Å². The molecule has 1 nitrogen and oxygen atoms in total. The second-order valence-corrected chi connectivity index (χ2v) is 2.31. The van der Waals surface area contributed by atoms with Crippen molar-refractivity contribution in [3.05, 3.63) is 12.7 Å². The van der Waals surface area contributed by atoms with Crippen LogP contribution in [0, 0.1) is 0 Å². The Kier molecular flexibility index (Phi) is 3.08. The van der Waals surface area contributed by atoms with Gasteiger partial charge < -0.3 is 4.74 Å². The third kappa shape index (κ3) is 2.17. The Bertz CT molecular complexity index is 44.8. The van der Waals surface area contributed by atoms with E-state index in [4.69, 9.17) is 4.74 Å². The van der Waals surface area contributed by atoms with Crippen LogP contribution in [0.15, 0.2) is 12.7 Å². The van der Waals surface area contributed by atoms with E-state index in [0.29, 0.717) is 5.73 Å². The lowest BCUT2D eigenvalue weighted by atomic mass is 10.7. The topological polar surface area (TPSA) is 9.23 Å². The Labute approximate surface area is 41.4 Å². The lowest BCUT2D eigenvalue weighted by molar-refractivity contribution is 0.202. The number of ether oxygens (including phenoxy) is 1. The van der Waals surface area contributed by atoms with Gasteiger partial charge in [0.2, 0.25) is 0 Å². The summed E-state index contributed by atoms with van der Waals surface area (Å²) in [7, 11) is 2.74. The highest BCUT2D eigenvalue weighted by molar-refractivity contribution is 6.12. The summed E-state index contributed by atoms with van der Waals surface area (Å²) < 4.78 is 4.84. The Morgan fingerprint density at radius 1 is 2.00 bits per heavy atom. The fraction of sp³-hybridized carbons (Fsp3) is 0.500. The highest BCUT2D eigenvalue weighted by Crippen LogP contribution is 1.77. The highest BCUT2D eigenvalue weighted by Gasteiger charge is 1.83. The second kappa shape index (κ2) is 3.12. The van der Waals surface area contributed by atoms with E-state index in [2.05, 4.69) is 6.58 Å². The van der Waals surface area contributed by atoms with Crippen LogP contribution in [0.5, 0.6) is 0 Å². The molecule has 0 radical (unpaired) electrons. The molecule has 6 heavy (non-hydrogen) atoms. The smallest absolute Gasteiger partial charge is 0.0548 e. The number of hydrogen-bond acceptors (Lipinski definition) is 1. The Balaban J connectivity index is 2.96. The molecule has 0 bridgehead atoms. The molecule has 0 heterocycles.